The van der Waals surface area contributed by atoms with E-state index in [1.807, 2.05) is 23.8 Å². The van der Waals surface area contributed by atoms with Crippen LogP contribution in [-0.2, 0) is 11.3 Å². The average Bonchev–Trinajstić information content (AvgIpc) is 3.27. The Bertz CT molecular complexity index is 988. The number of thioether (sulfide) groups is 1. The standard InChI is InChI=1S/C20H24FN5O2S2/c1-12(2)9-26-18(14(4)28-16-7-5-15(21)6-8-16)24-25-20(26)30-11-17(27)23-19-22-13(3)10-29-19/h5-8,10,12,14H,9,11H2,1-4H3,(H,22,23,27). The predicted octanol–water partition coefficient (Wildman–Crippen LogP) is 4.71. The maximum absolute atomic E-state index is 13.1. The molecule has 0 aliphatic heterocycles. The normalized spacial score (nSPS) is 12.2. The van der Waals surface area contributed by atoms with Gasteiger partial charge in [0.1, 0.15) is 11.6 Å². The first-order valence-corrected chi connectivity index (χ1v) is 11.4. The van der Waals surface area contributed by atoms with Crippen molar-refractivity contribution < 1.29 is 13.9 Å². The van der Waals surface area contributed by atoms with Gasteiger partial charge in [0.25, 0.3) is 0 Å². The molecular weight excluding hydrogens is 425 g/mol. The van der Waals surface area contributed by atoms with Crippen molar-refractivity contribution in [3.05, 3.63) is 47.0 Å². The number of carbonyl (C=O) groups excluding carboxylic acids is 1. The quantitative estimate of drug-likeness (QED) is 0.477. The van der Waals surface area contributed by atoms with Gasteiger partial charge < -0.3 is 14.6 Å². The van der Waals surface area contributed by atoms with Gasteiger partial charge in [-0.05, 0) is 44.0 Å². The first kappa shape index (κ1) is 22.2. The largest absolute Gasteiger partial charge is 0.483 e. The van der Waals surface area contributed by atoms with Crippen LogP contribution in [0.1, 0.15) is 38.4 Å². The predicted molar refractivity (Wildman–Crippen MR) is 117 cm³/mol. The van der Waals surface area contributed by atoms with Crippen molar-refractivity contribution in [2.75, 3.05) is 11.1 Å². The number of benzene rings is 1. The third-order valence-corrected chi connectivity index (χ3v) is 5.82. The van der Waals surface area contributed by atoms with Crippen LogP contribution in [0, 0.1) is 18.7 Å². The van der Waals surface area contributed by atoms with E-state index in [2.05, 4.69) is 34.3 Å². The molecule has 1 aromatic carbocycles. The summed E-state index contributed by atoms with van der Waals surface area (Å²) in [6, 6.07) is 5.86. The maximum Gasteiger partial charge on any atom is 0.236 e. The number of carbonyl (C=O) groups is 1. The third-order valence-electron chi connectivity index (χ3n) is 3.98. The second-order valence-corrected chi connectivity index (χ2v) is 8.99. The summed E-state index contributed by atoms with van der Waals surface area (Å²) in [4.78, 5) is 16.5. The van der Waals surface area contributed by atoms with Gasteiger partial charge in [-0.1, -0.05) is 25.6 Å². The molecule has 0 aliphatic rings. The molecule has 0 saturated heterocycles. The first-order chi connectivity index (χ1) is 14.3. The Morgan fingerprint density at radius 3 is 2.63 bits per heavy atom. The number of nitrogens with zero attached hydrogens (tertiary/aromatic N) is 4. The van der Waals surface area contributed by atoms with Crippen LogP contribution in [0.3, 0.4) is 0 Å². The number of ether oxygens (including phenoxy) is 1. The Morgan fingerprint density at radius 1 is 1.27 bits per heavy atom. The van der Waals surface area contributed by atoms with Crippen LogP contribution in [0.4, 0.5) is 9.52 Å². The lowest BCUT2D eigenvalue weighted by Gasteiger charge is -2.17. The highest BCUT2D eigenvalue weighted by molar-refractivity contribution is 7.99. The minimum atomic E-state index is -0.386. The SMILES string of the molecule is Cc1csc(NC(=O)CSc2nnc(C(C)Oc3ccc(F)cc3)n2CC(C)C)n1. The number of aryl methyl sites for hydroxylation is 1. The number of nitrogens with one attached hydrogen (secondary N) is 1. The van der Waals surface area contributed by atoms with Gasteiger partial charge >= 0.3 is 0 Å². The summed E-state index contributed by atoms with van der Waals surface area (Å²) in [6.07, 6.45) is -0.386. The maximum atomic E-state index is 13.1. The topological polar surface area (TPSA) is 81.9 Å². The molecule has 0 spiro atoms. The molecule has 0 bridgehead atoms. The van der Waals surface area contributed by atoms with Crippen LogP contribution >= 0.6 is 23.1 Å². The van der Waals surface area contributed by atoms with Crippen molar-refractivity contribution in [3.8, 4) is 5.75 Å². The van der Waals surface area contributed by atoms with Gasteiger partial charge in [-0.15, -0.1) is 21.5 Å². The van der Waals surface area contributed by atoms with Gasteiger partial charge in [-0.2, -0.15) is 0 Å². The third kappa shape index (κ3) is 6.02. The molecule has 3 rings (SSSR count). The lowest BCUT2D eigenvalue weighted by molar-refractivity contribution is -0.113. The fourth-order valence-electron chi connectivity index (χ4n) is 2.71. The van der Waals surface area contributed by atoms with Crippen molar-refractivity contribution in [1.82, 2.24) is 19.7 Å². The number of thiazole rings is 1. The number of rotatable bonds is 9. The molecule has 0 aliphatic carbocycles. The number of anilines is 1. The Balaban J connectivity index is 1.69. The van der Waals surface area contributed by atoms with E-state index in [4.69, 9.17) is 4.74 Å². The molecule has 2 heterocycles. The van der Waals surface area contributed by atoms with Gasteiger partial charge in [0.15, 0.2) is 22.2 Å². The van der Waals surface area contributed by atoms with Crippen molar-refractivity contribution in [1.29, 1.82) is 0 Å². The van der Waals surface area contributed by atoms with Crippen molar-refractivity contribution in [2.24, 2.45) is 5.92 Å². The van der Waals surface area contributed by atoms with E-state index in [0.717, 1.165) is 5.69 Å². The van der Waals surface area contributed by atoms with E-state index < -0.39 is 0 Å². The van der Waals surface area contributed by atoms with Gasteiger partial charge in [-0.25, -0.2) is 9.37 Å². The fourth-order valence-corrected chi connectivity index (χ4v) is 4.17. The molecule has 0 saturated carbocycles. The van der Waals surface area contributed by atoms with Gasteiger partial charge in [0.05, 0.1) is 11.4 Å². The van der Waals surface area contributed by atoms with Crippen LogP contribution in [0.2, 0.25) is 0 Å². The van der Waals surface area contributed by atoms with Crippen LogP contribution in [0.5, 0.6) is 5.75 Å². The van der Waals surface area contributed by atoms with E-state index in [1.54, 1.807) is 12.1 Å². The lowest BCUT2D eigenvalue weighted by Crippen LogP contribution is -2.17. The smallest absolute Gasteiger partial charge is 0.236 e. The molecule has 10 heteroatoms. The molecule has 30 heavy (non-hydrogen) atoms. The highest BCUT2D eigenvalue weighted by Crippen LogP contribution is 2.26. The first-order valence-electron chi connectivity index (χ1n) is 9.52. The zero-order valence-corrected chi connectivity index (χ0v) is 18.9. The molecule has 0 radical (unpaired) electrons. The zero-order valence-electron chi connectivity index (χ0n) is 17.3. The number of hydrogen-bond acceptors (Lipinski definition) is 7. The summed E-state index contributed by atoms with van der Waals surface area (Å²) < 4.78 is 21.0. The minimum Gasteiger partial charge on any atom is -0.483 e. The Labute approximate surface area is 183 Å². The van der Waals surface area contributed by atoms with Gasteiger partial charge in [0, 0.05) is 11.9 Å². The van der Waals surface area contributed by atoms with E-state index in [1.165, 1.54) is 35.2 Å². The highest BCUT2D eigenvalue weighted by atomic mass is 32.2. The van der Waals surface area contributed by atoms with E-state index >= 15 is 0 Å². The summed E-state index contributed by atoms with van der Waals surface area (Å²) in [5.74, 6) is 1.29. The molecule has 7 nitrogen and oxygen atoms in total. The summed E-state index contributed by atoms with van der Waals surface area (Å²) >= 11 is 2.71. The molecule has 1 N–H and O–H groups in total. The Hall–Kier alpha value is -2.46. The van der Waals surface area contributed by atoms with Gasteiger partial charge in [0.2, 0.25) is 5.91 Å². The minimum absolute atomic E-state index is 0.148. The zero-order chi connectivity index (χ0) is 21.7. The number of amides is 1. The van der Waals surface area contributed by atoms with Crippen LogP contribution in [0.15, 0.2) is 34.8 Å². The fraction of sp³-hybridized carbons (Fsp3) is 0.400. The van der Waals surface area contributed by atoms with Crippen molar-refractivity contribution >= 4 is 34.1 Å². The summed E-state index contributed by atoms with van der Waals surface area (Å²) in [5, 5.41) is 14.5. The molecule has 1 atom stereocenters. The summed E-state index contributed by atoms with van der Waals surface area (Å²) in [7, 11) is 0. The second-order valence-electron chi connectivity index (χ2n) is 7.19. The average molecular weight is 450 g/mol. The molecule has 160 valence electrons. The van der Waals surface area contributed by atoms with Gasteiger partial charge in [-0.3, -0.25) is 4.79 Å². The summed E-state index contributed by atoms with van der Waals surface area (Å²) in [5.41, 5.74) is 0.874. The lowest BCUT2D eigenvalue weighted by atomic mass is 10.2. The Morgan fingerprint density at radius 2 is 2.00 bits per heavy atom. The molecular formula is C20H24FN5O2S2. The molecule has 2 aromatic heterocycles. The highest BCUT2D eigenvalue weighted by Gasteiger charge is 2.21. The molecule has 1 amide bonds. The van der Waals surface area contributed by atoms with E-state index in [9.17, 15) is 9.18 Å². The summed E-state index contributed by atoms with van der Waals surface area (Å²) in [6.45, 7) is 8.64. The van der Waals surface area contributed by atoms with Crippen LogP contribution < -0.4 is 10.1 Å². The number of aromatic nitrogens is 4. The monoisotopic (exact) mass is 449 g/mol. The van der Waals surface area contributed by atoms with E-state index in [0.29, 0.717) is 34.3 Å². The number of halogens is 1. The Kier molecular flexibility index (Phi) is 7.43. The molecule has 0 fully saturated rings. The molecule has 3 aromatic rings. The van der Waals surface area contributed by atoms with Crippen LogP contribution in [-0.4, -0.2) is 31.4 Å². The molecule has 1 unspecified atom stereocenters. The number of hydrogen-bond donors (Lipinski definition) is 1. The second kappa shape index (κ2) is 10.0. The van der Waals surface area contributed by atoms with Crippen molar-refractivity contribution in [3.63, 3.8) is 0 Å². The van der Waals surface area contributed by atoms with E-state index in [-0.39, 0.29) is 23.6 Å². The van der Waals surface area contributed by atoms with Crippen LogP contribution in [0.25, 0.3) is 0 Å². The van der Waals surface area contributed by atoms with Crippen molar-refractivity contribution in [2.45, 2.75) is 45.5 Å².